The van der Waals surface area contributed by atoms with Gasteiger partial charge in [0.05, 0.1) is 25.8 Å². The van der Waals surface area contributed by atoms with Crippen LogP contribution in [0, 0.1) is 0 Å². The number of hydrazone groups is 1. The van der Waals surface area contributed by atoms with Gasteiger partial charge >= 0.3 is 5.97 Å². The first-order chi connectivity index (χ1) is 13.6. The zero-order valence-electron chi connectivity index (χ0n) is 14.9. The van der Waals surface area contributed by atoms with E-state index in [0.717, 1.165) is 16.8 Å². The van der Waals surface area contributed by atoms with Gasteiger partial charge < -0.3 is 20.1 Å². The number of anilines is 3. The van der Waals surface area contributed by atoms with Gasteiger partial charge in [-0.25, -0.2) is 14.8 Å². The Morgan fingerprint density at radius 1 is 1.29 bits per heavy atom. The maximum Gasteiger partial charge on any atom is 0.374 e. The predicted molar refractivity (Wildman–Crippen MR) is 102 cm³/mol. The van der Waals surface area contributed by atoms with E-state index in [4.69, 9.17) is 4.74 Å². The molecule has 144 valence electrons. The van der Waals surface area contributed by atoms with Gasteiger partial charge in [-0.05, 0) is 23.3 Å². The molecule has 0 atom stereocenters. The van der Waals surface area contributed by atoms with Gasteiger partial charge in [-0.1, -0.05) is 6.07 Å². The maximum atomic E-state index is 11.4. The SMILES string of the molecule is O=C1Cc2cc(C=NNc3cc(N4CCOCC4)nc(C(=O)O)n3)ccc2N1. The number of fused-ring (bicyclic) bond motifs is 1. The normalized spacial score (nSPS) is 16.1. The number of hydrogen-bond acceptors (Lipinski definition) is 8. The van der Waals surface area contributed by atoms with E-state index in [-0.39, 0.29) is 17.5 Å². The number of carboxylic acid groups (broad SMARTS) is 1. The highest BCUT2D eigenvalue weighted by Crippen LogP contribution is 2.23. The Kier molecular flexibility index (Phi) is 4.85. The third-order valence-corrected chi connectivity index (χ3v) is 4.39. The van der Waals surface area contributed by atoms with E-state index in [2.05, 4.69) is 25.8 Å². The molecule has 1 fully saturated rings. The minimum absolute atomic E-state index is 0.0277. The Hall–Kier alpha value is -3.53. The fourth-order valence-electron chi connectivity index (χ4n) is 3.04. The summed E-state index contributed by atoms with van der Waals surface area (Å²) < 4.78 is 5.32. The molecule has 4 rings (SSSR count). The highest BCUT2D eigenvalue weighted by Gasteiger charge is 2.18. The molecule has 0 aliphatic carbocycles. The number of ether oxygens (including phenoxy) is 1. The van der Waals surface area contributed by atoms with Crippen molar-refractivity contribution < 1.29 is 19.4 Å². The van der Waals surface area contributed by atoms with Crippen LogP contribution in [0.5, 0.6) is 0 Å². The molecular formula is C18H18N6O4. The largest absolute Gasteiger partial charge is 0.475 e. The third kappa shape index (κ3) is 3.91. The van der Waals surface area contributed by atoms with E-state index >= 15 is 0 Å². The summed E-state index contributed by atoms with van der Waals surface area (Å²) in [6.45, 7) is 2.37. The number of nitrogens with one attached hydrogen (secondary N) is 2. The van der Waals surface area contributed by atoms with Crippen molar-refractivity contribution in [2.45, 2.75) is 6.42 Å². The molecule has 1 aromatic heterocycles. The van der Waals surface area contributed by atoms with E-state index in [1.807, 2.05) is 23.1 Å². The molecule has 0 saturated carbocycles. The van der Waals surface area contributed by atoms with Crippen molar-refractivity contribution in [1.29, 1.82) is 0 Å². The van der Waals surface area contributed by atoms with Gasteiger partial charge in [0.15, 0.2) is 5.82 Å². The monoisotopic (exact) mass is 382 g/mol. The van der Waals surface area contributed by atoms with Crippen molar-refractivity contribution >= 4 is 35.4 Å². The fourth-order valence-corrected chi connectivity index (χ4v) is 3.04. The molecule has 0 radical (unpaired) electrons. The number of nitrogens with zero attached hydrogens (tertiary/aromatic N) is 4. The molecule has 0 bridgehead atoms. The second kappa shape index (κ2) is 7.61. The highest BCUT2D eigenvalue weighted by molar-refractivity contribution is 6.00. The lowest BCUT2D eigenvalue weighted by molar-refractivity contribution is -0.115. The lowest BCUT2D eigenvalue weighted by Crippen LogP contribution is -2.37. The van der Waals surface area contributed by atoms with E-state index in [9.17, 15) is 14.7 Å². The van der Waals surface area contributed by atoms with Crippen molar-refractivity contribution in [1.82, 2.24) is 9.97 Å². The summed E-state index contributed by atoms with van der Waals surface area (Å²) in [5.74, 6) is -0.750. The number of hydrogen-bond donors (Lipinski definition) is 3. The third-order valence-electron chi connectivity index (χ3n) is 4.39. The first kappa shape index (κ1) is 17.9. The summed E-state index contributed by atoms with van der Waals surface area (Å²) in [5, 5.41) is 16.2. The van der Waals surface area contributed by atoms with Crippen LogP contribution < -0.4 is 15.6 Å². The molecular weight excluding hydrogens is 364 g/mol. The molecule has 2 aliphatic rings. The molecule has 2 aromatic rings. The van der Waals surface area contributed by atoms with Gasteiger partial charge in [0.25, 0.3) is 0 Å². The topological polar surface area (TPSA) is 129 Å². The van der Waals surface area contributed by atoms with Crippen molar-refractivity contribution in [3.63, 3.8) is 0 Å². The van der Waals surface area contributed by atoms with Crippen LogP contribution in [0.15, 0.2) is 29.4 Å². The molecule has 0 unspecified atom stereocenters. The van der Waals surface area contributed by atoms with Crippen LogP contribution in [-0.2, 0) is 16.0 Å². The van der Waals surface area contributed by atoms with Gasteiger partial charge in [0, 0.05) is 24.8 Å². The molecule has 28 heavy (non-hydrogen) atoms. The Labute approximate surface area is 160 Å². The van der Waals surface area contributed by atoms with Gasteiger partial charge in [0.1, 0.15) is 5.82 Å². The van der Waals surface area contributed by atoms with Crippen molar-refractivity contribution in [2.75, 3.05) is 41.9 Å². The number of carboxylic acids is 1. The summed E-state index contributed by atoms with van der Waals surface area (Å²) in [6, 6.07) is 7.18. The number of carbonyl (C=O) groups excluding carboxylic acids is 1. The average Bonchev–Trinajstić information content (AvgIpc) is 3.08. The number of aromatic nitrogens is 2. The van der Waals surface area contributed by atoms with Gasteiger partial charge in [0.2, 0.25) is 11.7 Å². The highest BCUT2D eigenvalue weighted by atomic mass is 16.5. The van der Waals surface area contributed by atoms with Crippen LogP contribution in [-0.4, -0.2) is 59.5 Å². The Morgan fingerprint density at radius 3 is 2.89 bits per heavy atom. The quantitative estimate of drug-likeness (QED) is 0.515. The van der Waals surface area contributed by atoms with E-state index in [1.54, 1.807) is 12.3 Å². The molecule has 0 spiro atoms. The van der Waals surface area contributed by atoms with E-state index in [1.165, 1.54) is 0 Å². The lowest BCUT2D eigenvalue weighted by atomic mass is 10.1. The maximum absolute atomic E-state index is 11.4. The molecule has 10 heteroatoms. The summed E-state index contributed by atoms with van der Waals surface area (Å²) in [4.78, 5) is 32.8. The minimum Gasteiger partial charge on any atom is -0.475 e. The van der Waals surface area contributed by atoms with Crippen LogP contribution in [0.4, 0.5) is 17.3 Å². The number of morpholine rings is 1. The Bertz CT molecular complexity index is 955. The number of amides is 1. The molecule has 10 nitrogen and oxygen atoms in total. The van der Waals surface area contributed by atoms with Gasteiger partial charge in [-0.3, -0.25) is 10.2 Å². The Morgan fingerprint density at radius 2 is 2.11 bits per heavy atom. The summed E-state index contributed by atoms with van der Waals surface area (Å²) >= 11 is 0. The molecule has 2 aliphatic heterocycles. The van der Waals surface area contributed by atoms with Gasteiger partial charge in [-0.2, -0.15) is 5.10 Å². The van der Waals surface area contributed by atoms with Crippen molar-refractivity contribution in [3.05, 3.63) is 41.2 Å². The Balaban J connectivity index is 1.51. The zero-order valence-corrected chi connectivity index (χ0v) is 14.9. The molecule has 3 heterocycles. The predicted octanol–water partition coefficient (Wildman–Crippen LogP) is 0.952. The summed E-state index contributed by atoms with van der Waals surface area (Å²) in [7, 11) is 0. The second-order valence-electron chi connectivity index (χ2n) is 6.35. The van der Waals surface area contributed by atoms with Crippen LogP contribution in [0.1, 0.15) is 21.7 Å². The summed E-state index contributed by atoms with van der Waals surface area (Å²) in [6.07, 6.45) is 1.93. The standard InChI is InChI=1S/C18H18N6O4/c25-16-8-12-7-11(1-2-13(12)20-16)10-19-23-14-9-15(22-17(21-14)18(26)27)24-3-5-28-6-4-24/h1-2,7,9-10H,3-6,8H2,(H,20,25)(H,26,27)(H,21,22,23). The minimum atomic E-state index is -1.21. The molecule has 1 saturated heterocycles. The molecule has 1 aromatic carbocycles. The van der Waals surface area contributed by atoms with Crippen molar-refractivity contribution in [3.8, 4) is 0 Å². The number of rotatable bonds is 5. The summed E-state index contributed by atoms with van der Waals surface area (Å²) in [5.41, 5.74) is 5.30. The van der Waals surface area contributed by atoms with E-state index in [0.29, 0.717) is 38.5 Å². The van der Waals surface area contributed by atoms with Crippen molar-refractivity contribution in [2.24, 2.45) is 5.10 Å². The van der Waals surface area contributed by atoms with Crippen LogP contribution in [0.25, 0.3) is 0 Å². The number of carbonyl (C=O) groups is 2. The van der Waals surface area contributed by atoms with Crippen LogP contribution in [0.2, 0.25) is 0 Å². The first-order valence-electron chi connectivity index (χ1n) is 8.75. The molecule has 3 N–H and O–H groups in total. The fraction of sp³-hybridized carbons (Fsp3) is 0.278. The number of aromatic carboxylic acids is 1. The lowest BCUT2D eigenvalue weighted by Gasteiger charge is -2.27. The second-order valence-corrected chi connectivity index (χ2v) is 6.35. The van der Waals surface area contributed by atoms with Crippen LogP contribution in [0.3, 0.4) is 0 Å². The smallest absolute Gasteiger partial charge is 0.374 e. The number of benzene rings is 1. The zero-order chi connectivity index (χ0) is 19.5. The van der Waals surface area contributed by atoms with E-state index < -0.39 is 5.97 Å². The van der Waals surface area contributed by atoms with Crippen LogP contribution >= 0.6 is 0 Å². The molecule has 1 amide bonds. The van der Waals surface area contributed by atoms with Gasteiger partial charge in [-0.15, -0.1) is 0 Å². The average molecular weight is 382 g/mol. The first-order valence-corrected chi connectivity index (χ1v) is 8.75.